The van der Waals surface area contributed by atoms with Crippen molar-refractivity contribution in [2.45, 2.75) is 10.1 Å². The van der Waals surface area contributed by atoms with Gasteiger partial charge in [0.15, 0.2) is 11.5 Å². The highest BCUT2D eigenvalue weighted by atomic mass is 32.2. The number of aromatic carboxylic acids is 1. The molecule has 144 valence electrons. The quantitative estimate of drug-likeness (QED) is 0.392. The van der Waals surface area contributed by atoms with Crippen LogP contribution in [0.25, 0.3) is 0 Å². The van der Waals surface area contributed by atoms with E-state index in [1.165, 1.54) is 27.4 Å². The predicted molar refractivity (Wildman–Crippen MR) is 100.0 cm³/mol. The highest BCUT2D eigenvalue weighted by Crippen LogP contribution is 2.44. The van der Waals surface area contributed by atoms with Gasteiger partial charge in [-0.3, -0.25) is 10.1 Å². The molecule has 2 rings (SSSR count). The van der Waals surface area contributed by atoms with Gasteiger partial charge in [-0.1, -0.05) is 12.1 Å². The Balaban J connectivity index is 2.51. The first-order valence-electron chi connectivity index (χ1n) is 7.82. The molecule has 0 aromatic heterocycles. The van der Waals surface area contributed by atoms with Crippen molar-refractivity contribution in [1.29, 1.82) is 0 Å². The van der Waals surface area contributed by atoms with Crippen LogP contribution in [0.1, 0.15) is 21.2 Å². The summed E-state index contributed by atoms with van der Waals surface area (Å²) in [6, 6.07) is 9.64. The van der Waals surface area contributed by atoms with Gasteiger partial charge in [0.2, 0.25) is 12.3 Å². The third-order valence-corrected chi connectivity index (χ3v) is 5.08. The molecule has 0 fully saturated rings. The van der Waals surface area contributed by atoms with E-state index in [4.69, 9.17) is 14.2 Å². The fourth-order valence-electron chi connectivity index (χ4n) is 2.53. The van der Waals surface area contributed by atoms with Crippen molar-refractivity contribution in [2.24, 2.45) is 0 Å². The van der Waals surface area contributed by atoms with Gasteiger partial charge in [0.25, 0.3) is 0 Å². The predicted octanol–water partition coefficient (Wildman–Crippen LogP) is 3.52. The summed E-state index contributed by atoms with van der Waals surface area (Å²) >= 11 is 1.10. The van der Waals surface area contributed by atoms with Crippen molar-refractivity contribution in [3.05, 3.63) is 57.6 Å². The van der Waals surface area contributed by atoms with Crippen LogP contribution in [0.15, 0.2) is 41.3 Å². The number of carboxylic acid groups (broad SMARTS) is 1. The summed E-state index contributed by atoms with van der Waals surface area (Å²) < 4.78 is 15.9. The van der Waals surface area contributed by atoms with E-state index in [2.05, 4.69) is 0 Å². The minimum absolute atomic E-state index is 0.0864. The topological polar surface area (TPSA) is 108 Å². The number of thioether (sulfide) groups is 1. The molecule has 2 aromatic rings. The molecule has 1 N–H and O–H groups in total. The fraction of sp³-hybridized carbons (Fsp3) is 0.278. The van der Waals surface area contributed by atoms with Gasteiger partial charge in [-0.2, -0.15) is 0 Å². The van der Waals surface area contributed by atoms with Gasteiger partial charge in [-0.25, -0.2) is 4.79 Å². The molecule has 1 atom stereocenters. The molecule has 0 heterocycles. The SMILES string of the molecule is COc1cc(C(C[N+](=O)[O-])Sc2ccccc2C(=O)O)cc(OC)c1OC. The summed E-state index contributed by atoms with van der Waals surface area (Å²) in [6.07, 6.45) is 0. The van der Waals surface area contributed by atoms with Gasteiger partial charge >= 0.3 is 5.97 Å². The number of benzene rings is 2. The first-order valence-corrected chi connectivity index (χ1v) is 8.69. The Morgan fingerprint density at radius 2 is 1.74 bits per heavy atom. The molecule has 0 radical (unpaired) electrons. The Kier molecular flexibility index (Phi) is 6.89. The van der Waals surface area contributed by atoms with Crippen molar-refractivity contribution < 1.29 is 29.0 Å². The Morgan fingerprint density at radius 1 is 1.15 bits per heavy atom. The Labute approximate surface area is 160 Å². The molecule has 8 nitrogen and oxygen atoms in total. The van der Waals surface area contributed by atoms with Crippen LogP contribution in [0.5, 0.6) is 17.2 Å². The molecule has 0 spiro atoms. The van der Waals surface area contributed by atoms with Crippen molar-refractivity contribution in [1.82, 2.24) is 0 Å². The van der Waals surface area contributed by atoms with Crippen LogP contribution < -0.4 is 14.2 Å². The highest BCUT2D eigenvalue weighted by molar-refractivity contribution is 7.99. The number of carbonyl (C=O) groups is 1. The van der Waals surface area contributed by atoms with Gasteiger partial charge in [-0.15, -0.1) is 11.8 Å². The van der Waals surface area contributed by atoms with Crippen molar-refractivity contribution in [2.75, 3.05) is 27.9 Å². The number of nitro groups is 1. The van der Waals surface area contributed by atoms with Gasteiger partial charge in [-0.05, 0) is 29.8 Å². The van der Waals surface area contributed by atoms with Crippen LogP contribution in [-0.2, 0) is 0 Å². The third-order valence-electron chi connectivity index (χ3n) is 3.76. The molecule has 9 heteroatoms. The minimum Gasteiger partial charge on any atom is -0.493 e. The molecule has 0 aliphatic rings. The molecular weight excluding hydrogens is 374 g/mol. The number of methoxy groups -OCH3 is 3. The van der Waals surface area contributed by atoms with Crippen LogP contribution in [0, 0.1) is 10.1 Å². The second-order valence-corrected chi connectivity index (χ2v) is 6.63. The zero-order valence-electron chi connectivity index (χ0n) is 15.0. The second kappa shape index (κ2) is 9.13. The van der Waals surface area contributed by atoms with E-state index in [9.17, 15) is 20.0 Å². The largest absolute Gasteiger partial charge is 0.493 e. The number of hydrogen-bond donors (Lipinski definition) is 1. The number of ether oxygens (including phenoxy) is 3. The van der Waals surface area contributed by atoms with Crippen LogP contribution in [-0.4, -0.2) is 43.9 Å². The zero-order chi connectivity index (χ0) is 20.0. The lowest BCUT2D eigenvalue weighted by molar-refractivity contribution is -0.479. The summed E-state index contributed by atoms with van der Waals surface area (Å²) in [7, 11) is 4.37. The van der Waals surface area contributed by atoms with Gasteiger partial charge in [0.05, 0.1) is 32.1 Å². The number of nitrogens with zero attached hydrogens (tertiary/aromatic N) is 1. The minimum atomic E-state index is -1.09. The molecule has 0 saturated heterocycles. The molecule has 0 amide bonds. The maximum absolute atomic E-state index is 11.4. The summed E-state index contributed by atoms with van der Waals surface area (Å²) in [5.74, 6) is 0.0158. The van der Waals surface area contributed by atoms with E-state index < -0.39 is 22.7 Å². The summed E-state index contributed by atoms with van der Waals surface area (Å²) in [5.41, 5.74) is 0.648. The van der Waals surface area contributed by atoms with Crippen LogP contribution in [0.4, 0.5) is 0 Å². The second-order valence-electron chi connectivity index (χ2n) is 5.38. The third kappa shape index (κ3) is 4.82. The van der Waals surface area contributed by atoms with Crippen LogP contribution in [0.2, 0.25) is 0 Å². The van der Waals surface area contributed by atoms with Crippen molar-refractivity contribution >= 4 is 17.7 Å². The number of carboxylic acids is 1. The maximum atomic E-state index is 11.4. The van der Waals surface area contributed by atoms with Gasteiger partial charge in [0.1, 0.15) is 0 Å². The number of hydrogen-bond acceptors (Lipinski definition) is 7. The lowest BCUT2D eigenvalue weighted by atomic mass is 10.1. The first-order chi connectivity index (χ1) is 12.9. The summed E-state index contributed by atoms with van der Waals surface area (Å²) in [6.45, 7) is -0.405. The standard InChI is InChI=1S/C18H19NO7S/c1-24-13-8-11(9-14(25-2)17(13)26-3)16(10-19(22)23)27-15-7-5-4-6-12(15)18(20)21/h4-9,16H,10H2,1-3H3,(H,20,21). The normalized spacial score (nSPS) is 11.5. The maximum Gasteiger partial charge on any atom is 0.336 e. The molecule has 2 aromatic carbocycles. The highest BCUT2D eigenvalue weighted by Gasteiger charge is 2.25. The monoisotopic (exact) mass is 393 g/mol. The smallest absolute Gasteiger partial charge is 0.336 e. The van der Waals surface area contributed by atoms with E-state index >= 15 is 0 Å². The molecule has 0 aliphatic carbocycles. The van der Waals surface area contributed by atoms with Crippen molar-refractivity contribution in [3.8, 4) is 17.2 Å². The van der Waals surface area contributed by atoms with Gasteiger partial charge < -0.3 is 19.3 Å². The molecule has 1 unspecified atom stereocenters. The summed E-state index contributed by atoms with van der Waals surface area (Å²) in [5, 5.41) is 19.9. The number of rotatable bonds is 9. The molecule has 0 saturated carbocycles. The Hall–Kier alpha value is -2.94. The fourth-order valence-corrected chi connectivity index (χ4v) is 3.75. The first kappa shape index (κ1) is 20.4. The molecule has 0 aliphatic heterocycles. The molecule has 27 heavy (non-hydrogen) atoms. The van der Waals surface area contributed by atoms with Crippen LogP contribution >= 0.6 is 11.8 Å². The molecular formula is C18H19NO7S. The Bertz CT molecular complexity index is 815. The molecule has 0 bridgehead atoms. The zero-order valence-corrected chi connectivity index (χ0v) is 15.8. The van der Waals surface area contributed by atoms with E-state index in [1.54, 1.807) is 30.3 Å². The van der Waals surface area contributed by atoms with E-state index in [0.717, 1.165) is 11.8 Å². The van der Waals surface area contributed by atoms with E-state index in [1.807, 2.05) is 0 Å². The average molecular weight is 393 g/mol. The van der Waals surface area contributed by atoms with E-state index in [0.29, 0.717) is 27.7 Å². The average Bonchev–Trinajstić information content (AvgIpc) is 2.66. The van der Waals surface area contributed by atoms with Crippen molar-refractivity contribution in [3.63, 3.8) is 0 Å². The lowest BCUT2D eigenvalue weighted by Gasteiger charge is -2.18. The van der Waals surface area contributed by atoms with E-state index in [-0.39, 0.29) is 5.56 Å². The van der Waals surface area contributed by atoms with Crippen LogP contribution in [0.3, 0.4) is 0 Å². The summed E-state index contributed by atoms with van der Waals surface area (Å²) in [4.78, 5) is 22.7. The lowest BCUT2D eigenvalue weighted by Crippen LogP contribution is -2.11. The Morgan fingerprint density at radius 3 is 2.22 bits per heavy atom. The van der Waals surface area contributed by atoms with Gasteiger partial charge in [0, 0.05) is 9.82 Å².